The number of benzene rings is 2. The predicted molar refractivity (Wildman–Crippen MR) is 99.5 cm³/mol. The van der Waals surface area contributed by atoms with Crippen LogP contribution in [-0.4, -0.2) is 33.5 Å². The maximum Gasteiger partial charge on any atom is 0.387 e. The van der Waals surface area contributed by atoms with Crippen LogP contribution in [0.5, 0.6) is 11.5 Å². The molecule has 152 valence electrons. The highest BCUT2D eigenvalue weighted by Crippen LogP contribution is 2.35. The van der Waals surface area contributed by atoms with Crippen LogP contribution in [-0.2, 0) is 16.7 Å². The summed E-state index contributed by atoms with van der Waals surface area (Å²) in [5, 5.41) is 3.36. The summed E-state index contributed by atoms with van der Waals surface area (Å²) in [6.07, 6.45) is 1.59. The van der Waals surface area contributed by atoms with E-state index >= 15 is 0 Å². The van der Waals surface area contributed by atoms with Crippen molar-refractivity contribution in [3.8, 4) is 11.5 Å². The van der Waals surface area contributed by atoms with Gasteiger partial charge in [0.25, 0.3) is 0 Å². The monoisotopic (exact) mass is 395 g/mol. The van der Waals surface area contributed by atoms with Gasteiger partial charge in [0.1, 0.15) is 5.82 Å². The standard InChI is InChI=1S/C21H24F3NO3/c1-26-18-4-2-3-15(19(18)28-20(23)24)13-25-14-21(9-11-27-12-10-21)16-5-7-17(22)8-6-16/h2-8,20,25H,9-14H2,1H3. The predicted octanol–water partition coefficient (Wildman–Crippen LogP) is 4.27. The van der Waals surface area contributed by atoms with Gasteiger partial charge in [0.2, 0.25) is 0 Å². The highest BCUT2D eigenvalue weighted by Gasteiger charge is 2.34. The third-order valence-electron chi connectivity index (χ3n) is 5.17. The van der Waals surface area contributed by atoms with E-state index in [4.69, 9.17) is 9.47 Å². The molecule has 0 amide bonds. The second-order valence-corrected chi connectivity index (χ2v) is 6.83. The van der Waals surface area contributed by atoms with Crippen LogP contribution in [0.1, 0.15) is 24.0 Å². The molecule has 0 atom stereocenters. The van der Waals surface area contributed by atoms with Gasteiger partial charge >= 0.3 is 6.61 Å². The molecule has 0 spiro atoms. The first-order valence-electron chi connectivity index (χ1n) is 9.19. The second kappa shape index (κ2) is 9.30. The summed E-state index contributed by atoms with van der Waals surface area (Å²) < 4.78 is 54.3. The lowest BCUT2D eigenvalue weighted by molar-refractivity contribution is -0.0519. The van der Waals surface area contributed by atoms with Gasteiger partial charge in [-0.05, 0) is 36.6 Å². The largest absolute Gasteiger partial charge is 0.493 e. The van der Waals surface area contributed by atoms with Crippen molar-refractivity contribution in [2.75, 3.05) is 26.9 Å². The Balaban J connectivity index is 1.75. The zero-order valence-electron chi connectivity index (χ0n) is 15.7. The minimum Gasteiger partial charge on any atom is -0.493 e. The SMILES string of the molecule is COc1cccc(CNCC2(c3ccc(F)cc3)CCOCC2)c1OC(F)F. The molecule has 0 saturated carbocycles. The van der Waals surface area contributed by atoms with Crippen molar-refractivity contribution in [3.63, 3.8) is 0 Å². The van der Waals surface area contributed by atoms with Gasteiger partial charge in [-0.3, -0.25) is 0 Å². The van der Waals surface area contributed by atoms with Crippen molar-refractivity contribution >= 4 is 0 Å². The van der Waals surface area contributed by atoms with Crippen molar-refractivity contribution in [2.24, 2.45) is 0 Å². The molecule has 1 heterocycles. The first-order valence-corrected chi connectivity index (χ1v) is 9.19. The molecular weight excluding hydrogens is 371 g/mol. The lowest BCUT2D eigenvalue weighted by atomic mass is 9.74. The fourth-order valence-corrected chi connectivity index (χ4v) is 3.65. The van der Waals surface area contributed by atoms with Gasteiger partial charge in [-0.1, -0.05) is 24.3 Å². The molecule has 2 aromatic carbocycles. The van der Waals surface area contributed by atoms with Crippen LogP contribution in [0.2, 0.25) is 0 Å². The maximum atomic E-state index is 13.3. The summed E-state index contributed by atoms with van der Waals surface area (Å²) in [7, 11) is 1.41. The Morgan fingerprint density at radius 1 is 1.11 bits per heavy atom. The molecule has 28 heavy (non-hydrogen) atoms. The highest BCUT2D eigenvalue weighted by atomic mass is 19.3. The number of hydrogen-bond donors (Lipinski definition) is 1. The Bertz CT molecular complexity index is 762. The summed E-state index contributed by atoms with van der Waals surface area (Å²) >= 11 is 0. The number of ether oxygens (including phenoxy) is 3. The number of nitrogens with one attached hydrogen (secondary N) is 1. The molecule has 0 bridgehead atoms. The first kappa shape index (κ1) is 20.5. The van der Waals surface area contributed by atoms with Gasteiger partial charge in [0.15, 0.2) is 11.5 Å². The van der Waals surface area contributed by atoms with Gasteiger partial charge in [0, 0.05) is 37.3 Å². The molecule has 0 unspecified atom stereocenters. The molecule has 0 aromatic heterocycles. The molecule has 4 nitrogen and oxygen atoms in total. The molecule has 1 N–H and O–H groups in total. The van der Waals surface area contributed by atoms with Crippen LogP contribution in [0.4, 0.5) is 13.2 Å². The summed E-state index contributed by atoms with van der Waals surface area (Å²) in [6.45, 7) is -0.747. The van der Waals surface area contributed by atoms with E-state index in [-0.39, 0.29) is 22.7 Å². The van der Waals surface area contributed by atoms with E-state index < -0.39 is 6.61 Å². The lowest BCUT2D eigenvalue weighted by Gasteiger charge is -2.38. The second-order valence-electron chi connectivity index (χ2n) is 6.83. The molecule has 3 rings (SSSR count). The Morgan fingerprint density at radius 3 is 2.46 bits per heavy atom. The Kier molecular flexibility index (Phi) is 6.80. The summed E-state index contributed by atoms with van der Waals surface area (Å²) in [5.41, 5.74) is 1.43. The number of methoxy groups -OCH3 is 1. The molecular formula is C21H24F3NO3. The van der Waals surface area contributed by atoms with Crippen LogP contribution in [0.3, 0.4) is 0 Å². The zero-order chi connectivity index (χ0) is 20.0. The van der Waals surface area contributed by atoms with Gasteiger partial charge in [0.05, 0.1) is 7.11 Å². The number of rotatable bonds is 8. The third kappa shape index (κ3) is 4.77. The van der Waals surface area contributed by atoms with Crippen LogP contribution in [0, 0.1) is 5.82 Å². The van der Waals surface area contributed by atoms with Crippen molar-refractivity contribution in [3.05, 3.63) is 59.4 Å². The van der Waals surface area contributed by atoms with Crippen molar-refractivity contribution < 1.29 is 27.4 Å². The molecule has 0 radical (unpaired) electrons. The molecule has 7 heteroatoms. The Hall–Kier alpha value is -2.25. The van der Waals surface area contributed by atoms with E-state index in [1.54, 1.807) is 30.3 Å². The number of alkyl halides is 2. The Labute approximate surface area is 162 Å². The topological polar surface area (TPSA) is 39.7 Å². The molecule has 1 aliphatic rings. The normalized spacial score (nSPS) is 16.2. The van der Waals surface area contributed by atoms with Gasteiger partial charge in [-0.2, -0.15) is 8.78 Å². The van der Waals surface area contributed by atoms with E-state index in [9.17, 15) is 13.2 Å². The van der Waals surface area contributed by atoms with Gasteiger partial charge in [-0.15, -0.1) is 0 Å². The van der Waals surface area contributed by atoms with Crippen LogP contribution < -0.4 is 14.8 Å². The Morgan fingerprint density at radius 2 is 1.82 bits per heavy atom. The van der Waals surface area contributed by atoms with E-state index in [2.05, 4.69) is 10.1 Å². The van der Waals surface area contributed by atoms with Gasteiger partial charge < -0.3 is 19.5 Å². The van der Waals surface area contributed by atoms with E-state index in [0.29, 0.717) is 31.9 Å². The minimum atomic E-state index is -2.93. The fraction of sp³-hybridized carbons (Fsp3) is 0.429. The molecule has 1 fully saturated rings. The molecule has 1 aliphatic heterocycles. The van der Waals surface area contributed by atoms with Crippen molar-refractivity contribution in [2.45, 2.75) is 31.4 Å². The minimum absolute atomic E-state index is 0.0373. The average Bonchev–Trinajstić information content (AvgIpc) is 2.70. The molecule has 2 aromatic rings. The van der Waals surface area contributed by atoms with Crippen LogP contribution >= 0.6 is 0 Å². The van der Waals surface area contributed by atoms with Crippen LogP contribution in [0.25, 0.3) is 0 Å². The van der Waals surface area contributed by atoms with Crippen LogP contribution in [0.15, 0.2) is 42.5 Å². The number of hydrogen-bond acceptors (Lipinski definition) is 4. The molecule has 1 saturated heterocycles. The van der Waals surface area contributed by atoms with Crippen molar-refractivity contribution in [1.82, 2.24) is 5.32 Å². The summed E-state index contributed by atoms with van der Waals surface area (Å²) in [4.78, 5) is 0. The number of halogens is 3. The number of para-hydroxylation sites is 1. The molecule has 0 aliphatic carbocycles. The van der Waals surface area contributed by atoms with Crippen molar-refractivity contribution in [1.29, 1.82) is 0 Å². The average molecular weight is 395 g/mol. The van der Waals surface area contributed by atoms with E-state index in [0.717, 1.165) is 18.4 Å². The van der Waals surface area contributed by atoms with Gasteiger partial charge in [-0.25, -0.2) is 4.39 Å². The maximum absolute atomic E-state index is 13.3. The summed E-state index contributed by atoms with van der Waals surface area (Å²) in [6, 6.07) is 11.6. The van der Waals surface area contributed by atoms with E-state index in [1.807, 2.05) is 0 Å². The fourth-order valence-electron chi connectivity index (χ4n) is 3.65. The quantitative estimate of drug-likeness (QED) is 0.725. The van der Waals surface area contributed by atoms with E-state index in [1.165, 1.54) is 19.2 Å². The lowest BCUT2D eigenvalue weighted by Crippen LogP contribution is -2.42. The highest BCUT2D eigenvalue weighted by molar-refractivity contribution is 5.46. The first-order chi connectivity index (χ1) is 13.5. The summed E-state index contributed by atoms with van der Waals surface area (Å²) in [5.74, 6) is 0.0262. The third-order valence-corrected chi connectivity index (χ3v) is 5.17. The zero-order valence-corrected chi connectivity index (χ0v) is 15.7. The smallest absolute Gasteiger partial charge is 0.387 e.